The Morgan fingerprint density at radius 2 is 1.94 bits per heavy atom. The van der Waals surface area contributed by atoms with E-state index in [0.29, 0.717) is 11.4 Å². The minimum atomic E-state index is -0.324. The van der Waals surface area contributed by atoms with E-state index in [1.165, 1.54) is 0 Å². The molecule has 0 aliphatic carbocycles. The van der Waals surface area contributed by atoms with Gasteiger partial charge in [-0.25, -0.2) is 0 Å². The van der Waals surface area contributed by atoms with E-state index < -0.39 is 0 Å². The van der Waals surface area contributed by atoms with Crippen molar-refractivity contribution in [3.05, 3.63) is 18.3 Å². The van der Waals surface area contributed by atoms with Gasteiger partial charge in [0.25, 0.3) is 0 Å². The van der Waals surface area contributed by atoms with Gasteiger partial charge < -0.3 is 10.6 Å². The highest BCUT2D eigenvalue weighted by Crippen LogP contribution is 2.28. The summed E-state index contributed by atoms with van der Waals surface area (Å²) in [6, 6.07) is 3.56. The Kier molecular flexibility index (Phi) is 2.19. The van der Waals surface area contributed by atoms with E-state index in [2.05, 4.69) is 15.5 Å². The lowest BCUT2D eigenvalue weighted by molar-refractivity contribution is -0.130. The lowest BCUT2D eigenvalue weighted by Gasteiger charge is -2.28. The molecule has 3 rings (SSSR count). The number of rotatable bonds is 1. The molecule has 1 aliphatic heterocycles. The third kappa shape index (κ3) is 1.65. The van der Waals surface area contributed by atoms with Crippen molar-refractivity contribution in [3.8, 4) is 0 Å². The standard InChI is InChI=1S/C11H11N5O2/c12-7-1-6-3-13-15-8(6)2-9(7)16-4-10(17)14-11(18)5-16/h1-3H,4-5,12H2,(H,13,15)(H,14,17,18). The molecule has 0 atom stereocenters. The summed E-state index contributed by atoms with van der Waals surface area (Å²) in [7, 11) is 0. The molecule has 2 heterocycles. The normalized spacial score (nSPS) is 16.1. The average molecular weight is 245 g/mol. The number of nitrogens with zero attached hydrogens (tertiary/aromatic N) is 2. The second-order valence-corrected chi connectivity index (χ2v) is 4.20. The SMILES string of the molecule is Nc1cc2cn[nH]c2cc1N1CC(=O)NC(=O)C1. The minimum Gasteiger partial charge on any atom is -0.397 e. The van der Waals surface area contributed by atoms with Crippen molar-refractivity contribution >= 4 is 34.1 Å². The fourth-order valence-electron chi connectivity index (χ4n) is 2.08. The lowest BCUT2D eigenvalue weighted by atomic mass is 10.1. The molecule has 2 aromatic rings. The number of fused-ring (bicyclic) bond motifs is 1. The van der Waals surface area contributed by atoms with Gasteiger partial charge in [0.05, 0.1) is 36.2 Å². The van der Waals surface area contributed by atoms with Crippen LogP contribution in [0.1, 0.15) is 0 Å². The van der Waals surface area contributed by atoms with Gasteiger partial charge in [-0.15, -0.1) is 0 Å². The Morgan fingerprint density at radius 3 is 2.67 bits per heavy atom. The predicted octanol–water partition coefficient (Wildman–Crippen LogP) is -0.392. The summed E-state index contributed by atoms with van der Waals surface area (Å²) in [6.07, 6.45) is 1.67. The van der Waals surface area contributed by atoms with Gasteiger partial charge in [-0.1, -0.05) is 0 Å². The number of hydrogen-bond donors (Lipinski definition) is 3. The van der Waals surface area contributed by atoms with E-state index in [4.69, 9.17) is 5.73 Å². The fraction of sp³-hybridized carbons (Fsp3) is 0.182. The van der Waals surface area contributed by atoms with Crippen LogP contribution in [0.5, 0.6) is 0 Å². The van der Waals surface area contributed by atoms with Crippen molar-refractivity contribution in [1.82, 2.24) is 15.5 Å². The number of benzene rings is 1. The molecular formula is C11H11N5O2. The number of amides is 2. The van der Waals surface area contributed by atoms with E-state index in [9.17, 15) is 9.59 Å². The number of H-pyrrole nitrogens is 1. The molecule has 0 radical (unpaired) electrons. The van der Waals surface area contributed by atoms with Crippen molar-refractivity contribution in [1.29, 1.82) is 0 Å². The molecule has 1 fully saturated rings. The second kappa shape index (κ2) is 3.73. The largest absolute Gasteiger partial charge is 0.397 e. The Morgan fingerprint density at radius 1 is 1.22 bits per heavy atom. The quantitative estimate of drug-likeness (QED) is 0.469. The van der Waals surface area contributed by atoms with Gasteiger partial charge in [0.2, 0.25) is 11.8 Å². The summed E-state index contributed by atoms with van der Waals surface area (Å²) in [5, 5.41) is 9.89. The number of piperazine rings is 1. The zero-order chi connectivity index (χ0) is 12.7. The molecule has 7 heteroatoms. The van der Waals surface area contributed by atoms with Crippen LogP contribution < -0.4 is 16.0 Å². The minimum absolute atomic E-state index is 0.121. The number of imide groups is 1. The van der Waals surface area contributed by atoms with Crippen LogP contribution in [0.15, 0.2) is 18.3 Å². The zero-order valence-corrected chi connectivity index (χ0v) is 9.43. The van der Waals surface area contributed by atoms with Crippen molar-refractivity contribution in [2.45, 2.75) is 0 Å². The van der Waals surface area contributed by atoms with Gasteiger partial charge in [-0.05, 0) is 12.1 Å². The maximum Gasteiger partial charge on any atom is 0.246 e. The maximum absolute atomic E-state index is 11.3. The first-order valence-electron chi connectivity index (χ1n) is 5.44. The number of aromatic nitrogens is 2. The summed E-state index contributed by atoms with van der Waals surface area (Å²) in [5.74, 6) is -0.647. The fourth-order valence-corrected chi connectivity index (χ4v) is 2.08. The van der Waals surface area contributed by atoms with Crippen molar-refractivity contribution in [3.63, 3.8) is 0 Å². The number of carbonyl (C=O) groups is 2. The molecule has 18 heavy (non-hydrogen) atoms. The van der Waals surface area contributed by atoms with Crippen LogP contribution in [0, 0.1) is 0 Å². The van der Waals surface area contributed by atoms with Gasteiger partial charge >= 0.3 is 0 Å². The number of nitrogens with one attached hydrogen (secondary N) is 2. The molecule has 1 aromatic carbocycles. The van der Waals surface area contributed by atoms with Crippen LogP contribution in [-0.4, -0.2) is 35.1 Å². The van der Waals surface area contributed by atoms with Gasteiger partial charge in [0.1, 0.15) is 0 Å². The number of anilines is 2. The summed E-state index contributed by atoms with van der Waals surface area (Å²) in [5.41, 5.74) is 7.94. The van der Waals surface area contributed by atoms with E-state index in [1.54, 1.807) is 23.2 Å². The molecule has 0 unspecified atom stereocenters. The van der Waals surface area contributed by atoms with Crippen LogP contribution in [0.25, 0.3) is 10.9 Å². The van der Waals surface area contributed by atoms with Crippen LogP contribution in [0.4, 0.5) is 11.4 Å². The molecule has 0 spiro atoms. The average Bonchev–Trinajstić information content (AvgIpc) is 2.73. The summed E-state index contributed by atoms with van der Waals surface area (Å²) < 4.78 is 0. The number of carbonyl (C=O) groups excluding carboxylic acids is 2. The van der Waals surface area contributed by atoms with Gasteiger partial charge in [0.15, 0.2) is 0 Å². The number of hydrogen-bond acceptors (Lipinski definition) is 5. The van der Waals surface area contributed by atoms with Crippen LogP contribution >= 0.6 is 0 Å². The third-order valence-corrected chi connectivity index (χ3v) is 2.88. The Hall–Kier alpha value is -2.57. The number of aromatic amines is 1. The molecule has 7 nitrogen and oxygen atoms in total. The second-order valence-electron chi connectivity index (χ2n) is 4.20. The molecule has 92 valence electrons. The van der Waals surface area contributed by atoms with Crippen molar-refractivity contribution in [2.24, 2.45) is 0 Å². The maximum atomic E-state index is 11.3. The Bertz CT molecular complexity index is 632. The topological polar surface area (TPSA) is 104 Å². The van der Waals surface area contributed by atoms with Crippen molar-refractivity contribution in [2.75, 3.05) is 23.7 Å². The van der Waals surface area contributed by atoms with E-state index in [-0.39, 0.29) is 24.9 Å². The molecule has 2 amide bonds. The molecule has 0 saturated carbocycles. The predicted molar refractivity (Wildman–Crippen MR) is 65.9 cm³/mol. The molecule has 4 N–H and O–H groups in total. The first-order chi connectivity index (χ1) is 8.63. The Labute approximate surface area is 102 Å². The molecule has 1 aliphatic rings. The summed E-state index contributed by atoms with van der Waals surface area (Å²) in [4.78, 5) is 24.3. The molecule has 1 saturated heterocycles. The zero-order valence-electron chi connectivity index (χ0n) is 9.43. The van der Waals surface area contributed by atoms with Crippen LogP contribution in [0.3, 0.4) is 0 Å². The highest BCUT2D eigenvalue weighted by atomic mass is 16.2. The molecular weight excluding hydrogens is 234 g/mol. The van der Waals surface area contributed by atoms with Gasteiger partial charge in [-0.3, -0.25) is 20.0 Å². The van der Waals surface area contributed by atoms with E-state index in [0.717, 1.165) is 10.9 Å². The van der Waals surface area contributed by atoms with Crippen LogP contribution in [0.2, 0.25) is 0 Å². The first-order valence-corrected chi connectivity index (χ1v) is 5.44. The lowest BCUT2D eigenvalue weighted by Crippen LogP contribution is -2.51. The molecule has 1 aromatic heterocycles. The van der Waals surface area contributed by atoms with E-state index in [1.807, 2.05) is 0 Å². The number of nitrogens with two attached hydrogens (primary N) is 1. The van der Waals surface area contributed by atoms with Gasteiger partial charge in [0, 0.05) is 5.39 Å². The van der Waals surface area contributed by atoms with E-state index >= 15 is 0 Å². The number of nitrogen functional groups attached to an aromatic ring is 1. The smallest absolute Gasteiger partial charge is 0.246 e. The monoisotopic (exact) mass is 245 g/mol. The van der Waals surface area contributed by atoms with Crippen LogP contribution in [-0.2, 0) is 9.59 Å². The molecule has 0 bridgehead atoms. The van der Waals surface area contributed by atoms with Crippen molar-refractivity contribution < 1.29 is 9.59 Å². The third-order valence-electron chi connectivity index (χ3n) is 2.88. The van der Waals surface area contributed by atoms with Gasteiger partial charge in [-0.2, -0.15) is 5.10 Å². The first kappa shape index (κ1) is 10.6. The highest BCUT2D eigenvalue weighted by molar-refractivity contribution is 6.04. The summed E-state index contributed by atoms with van der Waals surface area (Å²) >= 11 is 0. The summed E-state index contributed by atoms with van der Waals surface area (Å²) in [6.45, 7) is 0.241. The highest BCUT2D eigenvalue weighted by Gasteiger charge is 2.24. The Balaban J connectivity index is 2.04.